The van der Waals surface area contributed by atoms with Gasteiger partial charge in [0, 0.05) is 0 Å². The zero-order valence-electron chi connectivity index (χ0n) is 12.3. The lowest BCUT2D eigenvalue weighted by Gasteiger charge is -2.02. The number of para-hydroxylation sites is 1. The Kier molecular flexibility index (Phi) is 3.21. The van der Waals surface area contributed by atoms with E-state index in [1.54, 1.807) is 6.08 Å². The minimum Gasteiger partial charge on any atom is -0.494 e. The molecule has 0 fully saturated rings. The highest BCUT2D eigenvalue weighted by Crippen LogP contribution is 2.28. The molecule has 0 aliphatic carbocycles. The summed E-state index contributed by atoms with van der Waals surface area (Å²) in [5.41, 5.74) is 8.19. The number of nitrogens with two attached hydrogens (primary N) is 1. The van der Waals surface area contributed by atoms with Gasteiger partial charge in [0.25, 0.3) is 5.56 Å². The Morgan fingerprint density at radius 2 is 2.00 bits per heavy atom. The van der Waals surface area contributed by atoms with Gasteiger partial charge in [-0.25, -0.2) is 4.68 Å². The number of aromatic hydroxyl groups is 1. The molecule has 0 saturated heterocycles. The number of hydrogen-bond donors (Lipinski definition) is 3. The van der Waals surface area contributed by atoms with Gasteiger partial charge in [0.15, 0.2) is 0 Å². The lowest BCUT2D eigenvalue weighted by atomic mass is 10.1. The van der Waals surface area contributed by atoms with Crippen LogP contribution in [0.2, 0.25) is 0 Å². The van der Waals surface area contributed by atoms with Gasteiger partial charge in [0.1, 0.15) is 16.7 Å². The normalized spacial score (nSPS) is 10.8. The number of nitrogens with zero attached hydrogens (tertiary/aromatic N) is 2. The molecule has 2 heterocycles. The molecule has 0 spiro atoms. The number of pyridine rings is 1. The van der Waals surface area contributed by atoms with Crippen LogP contribution in [-0.2, 0) is 0 Å². The highest BCUT2D eigenvalue weighted by molar-refractivity contribution is 5.95. The number of rotatable bonds is 2. The predicted molar refractivity (Wildman–Crippen MR) is 87.1 cm³/mol. The number of benzene rings is 1. The molecule has 22 heavy (non-hydrogen) atoms. The number of anilines is 1. The Hall–Kier alpha value is -3.02. The SMILES string of the molecule is CC(C)=Cc1c(O)[nH]c(=O)c2c(N)n(-c3ccccc3)nc12. The van der Waals surface area contributed by atoms with E-state index in [2.05, 4.69) is 10.1 Å². The van der Waals surface area contributed by atoms with E-state index in [4.69, 9.17) is 5.73 Å². The topological polar surface area (TPSA) is 96.9 Å². The third-order valence-corrected chi connectivity index (χ3v) is 3.32. The second kappa shape index (κ2) is 5.07. The molecular weight excluding hydrogens is 280 g/mol. The lowest BCUT2D eigenvalue weighted by molar-refractivity contribution is 0.451. The monoisotopic (exact) mass is 296 g/mol. The predicted octanol–water partition coefficient (Wildman–Crippen LogP) is 2.42. The molecule has 3 aromatic rings. The molecule has 0 unspecified atom stereocenters. The number of allylic oxidation sites excluding steroid dienone is 1. The van der Waals surface area contributed by atoms with Gasteiger partial charge in [-0.05, 0) is 32.1 Å². The molecule has 4 N–H and O–H groups in total. The molecule has 0 atom stereocenters. The first kappa shape index (κ1) is 13.9. The Balaban J connectivity index is 2.41. The average Bonchev–Trinajstić information content (AvgIpc) is 2.82. The van der Waals surface area contributed by atoms with Crippen LogP contribution in [0, 0.1) is 0 Å². The molecule has 0 radical (unpaired) electrons. The zero-order chi connectivity index (χ0) is 15.9. The molecule has 2 aromatic heterocycles. The van der Waals surface area contributed by atoms with Crippen molar-refractivity contribution >= 4 is 22.8 Å². The van der Waals surface area contributed by atoms with Crippen LogP contribution in [0.25, 0.3) is 22.7 Å². The highest BCUT2D eigenvalue weighted by atomic mass is 16.3. The number of aromatic amines is 1. The molecule has 1 aromatic carbocycles. The van der Waals surface area contributed by atoms with Gasteiger partial charge in [0.05, 0.1) is 11.3 Å². The third-order valence-electron chi connectivity index (χ3n) is 3.32. The molecule has 6 nitrogen and oxygen atoms in total. The van der Waals surface area contributed by atoms with Crippen LogP contribution in [0.15, 0.2) is 40.7 Å². The summed E-state index contributed by atoms with van der Waals surface area (Å²) in [6.07, 6.45) is 1.76. The maximum absolute atomic E-state index is 12.1. The van der Waals surface area contributed by atoms with Gasteiger partial charge in [0.2, 0.25) is 5.88 Å². The van der Waals surface area contributed by atoms with Crippen molar-refractivity contribution < 1.29 is 5.11 Å². The first-order valence-corrected chi connectivity index (χ1v) is 6.83. The van der Waals surface area contributed by atoms with Crippen molar-refractivity contribution in [3.05, 3.63) is 51.8 Å². The van der Waals surface area contributed by atoms with E-state index >= 15 is 0 Å². The van der Waals surface area contributed by atoms with Crippen molar-refractivity contribution in [3.8, 4) is 11.6 Å². The maximum atomic E-state index is 12.1. The van der Waals surface area contributed by atoms with Crippen LogP contribution >= 0.6 is 0 Å². The fourth-order valence-corrected chi connectivity index (χ4v) is 2.38. The Labute approximate surface area is 126 Å². The van der Waals surface area contributed by atoms with Crippen molar-refractivity contribution in [2.75, 3.05) is 5.73 Å². The summed E-state index contributed by atoms with van der Waals surface area (Å²) in [5.74, 6) is 0.0299. The van der Waals surface area contributed by atoms with Gasteiger partial charge in [-0.2, -0.15) is 5.10 Å². The quantitative estimate of drug-likeness (QED) is 0.676. The molecule has 0 saturated carbocycles. The number of fused-ring (bicyclic) bond motifs is 1. The van der Waals surface area contributed by atoms with Gasteiger partial charge in [-0.1, -0.05) is 23.8 Å². The molecule has 6 heteroatoms. The number of H-pyrrole nitrogens is 1. The van der Waals surface area contributed by atoms with Crippen LogP contribution < -0.4 is 11.3 Å². The first-order valence-electron chi connectivity index (χ1n) is 6.83. The zero-order valence-corrected chi connectivity index (χ0v) is 12.3. The molecule has 3 rings (SSSR count). The lowest BCUT2D eigenvalue weighted by Crippen LogP contribution is -2.08. The van der Waals surface area contributed by atoms with Crippen LogP contribution in [0.5, 0.6) is 5.88 Å². The molecular formula is C16H16N4O2. The number of nitrogen functional groups attached to an aromatic ring is 1. The van der Waals surface area contributed by atoms with Gasteiger partial charge < -0.3 is 10.8 Å². The molecule has 0 amide bonds. The number of aromatic nitrogens is 3. The van der Waals surface area contributed by atoms with Crippen molar-refractivity contribution in [1.29, 1.82) is 0 Å². The first-order chi connectivity index (χ1) is 10.5. The summed E-state index contributed by atoms with van der Waals surface area (Å²) in [5, 5.41) is 14.7. The van der Waals surface area contributed by atoms with E-state index in [1.165, 1.54) is 4.68 Å². The summed E-state index contributed by atoms with van der Waals surface area (Å²) in [4.78, 5) is 14.5. The second-order valence-electron chi connectivity index (χ2n) is 5.29. The van der Waals surface area contributed by atoms with Crippen LogP contribution in [0.4, 0.5) is 5.82 Å². The van der Waals surface area contributed by atoms with Crippen molar-refractivity contribution in [1.82, 2.24) is 14.8 Å². The van der Waals surface area contributed by atoms with Gasteiger partial charge in [-0.15, -0.1) is 0 Å². The smallest absolute Gasteiger partial charge is 0.264 e. The van der Waals surface area contributed by atoms with E-state index < -0.39 is 5.56 Å². The summed E-state index contributed by atoms with van der Waals surface area (Å²) < 4.78 is 1.50. The number of hydrogen-bond acceptors (Lipinski definition) is 4. The van der Waals surface area contributed by atoms with Crippen molar-refractivity contribution in [2.45, 2.75) is 13.8 Å². The van der Waals surface area contributed by atoms with Crippen LogP contribution in [0.1, 0.15) is 19.4 Å². The largest absolute Gasteiger partial charge is 0.494 e. The van der Waals surface area contributed by atoms with Gasteiger partial charge in [-0.3, -0.25) is 9.78 Å². The van der Waals surface area contributed by atoms with E-state index in [1.807, 2.05) is 44.2 Å². The average molecular weight is 296 g/mol. The van der Waals surface area contributed by atoms with Crippen molar-refractivity contribution in [3.63, 3.8) is 0 Å². The van der Waals surface area contributed by atoms with Crippen molar-refractivity contribution in [2.24, 2.45) is 0 Å². The van der Waals surface area contributed by atoms with E-state index in [0.29, 0.717) is 11.1 Å². The Bertz CT molecular complexity index is 932. The third kappa shape index (κ3) is 2.14. The highest BCUT2D eigenvalue weighted by Gasteiger charge is 2.18. The maximum Gasteiger partial charge on any atom is 0.264 e. The van der Waals surface area contributed by atoms with Crippen LogP contribution in [0.3, 0.4) is 0 Å². The second-order valence-corrected chi connectivity index (χ2v) is 5.29. The summed E-state index contributed by atoms with van der Waals surface area (Å²) in [6, 6.07) is 9.30. The standard InChI is InChI=1S/C16H16N4O2/c1-9(2)8-11-13-12(16(22)18-15(11)21)14(17)20(19-13)10-6-4-3-5-7-10/h3-8,21H,17H2,1-2H3,(H,18,22). The fraction of sp³-hybridized carbons (Fsp3) is 0.125. The summed E-state index contributed by atoms with van der Waals surface area (Å²) in [6.45, 7) is 3.79. The molecule has 0 aliphatic rings. The molecule has 0 aliphatic heterocycles. The number of nitrogens with one attached hydrogen (secondary N) is 1. The van der Waals surface area contributed by atoms with Gasteiger partial charge >= 0.3 is 0 Å². The van der Waals surface area contributed by atoms with E-state index in [-0.39, 0.29) is 17.1 Å². The molecule has 112 valence electrons. The summed E-state index contributed by atoms with van der Waals surface area (Å²) in [7, 11) is 0. The van der Waals surface area contributed by atoms with Crippen LogP contribution in [-0.4, -0.2) is 19.9 Å². The minimum absolute atomic E-state index is 0.212. The van der Waals surface area contributed by atoms with E-state index in [0.717, 1.165) is 11.3 Å². The minimum atomic E-state index is -0.460. The Morgan fingerprint density at radius 3 is 2.64 bits per heavy atom. The summed E-state index contributed by atoms with van der Waals surface area (Å²) >= 11 is 0. The fourth-order valence-electron chi connectivity index (χ4n) is 2.38. The Morgan fingerprint density at radius 1 is 1.32 bits per heavy atom. The van der Waals surface area contributed by atoms with E-state index in [9.17, 15) is 9.90 Å². The molecule has 0 bridgehead atoms.